The molecule has 25 heavy (non-hydrogen) atoms. The van der Waals surface area contributed by atoms with Gasteiger partial charge >= 0.3 is 0 Å². The molecule has 0 saturated carbocycles. The molecule has 0 atom stereocenters. The van der Waals surface area contributed by atoms with Crippen molar-refractivity contribution in [3.63, 3.8) is 0 Å². The van der Waals surface area contributed by atoms with Crippen LogP contribution in [0.15, 0.2) is 42.5 Å². The van der Waals surface area contributed by atoms with Gasteiger partial charge in [-0.3, -0.25) is 9.59 Å². The maximum absolute atomic E-state index is 12.1. The van der Waals surface area contributed by atoms with Gasteiger partial charge in [0.25, 0.3) is 11.8 Å². The lowest BCUT2D eigenvalue weighted by Gasteiger charge is -2.12. The number of rotatable bonds is 6. The van der Waals surface area contributed by atoms with E-state index in [1.165, 1.54) is 0 Å². The highest BCUT2D eigenvalue weighted by molar-refractivity contribution is 6.04. The lowest BCUT2D eigenvalue weighted by molar-refractivity contribution is -0.118. The molecule has 0 radical (unpaired) electrons. The number of hydrogen-bond donors (Lipinski definition) is 2. The van der Waals surface area contributed by atoms with E-state index >= 15 is 0 Å². The van der Waals surface area contributed by atoms with Crippen LogP contribution in [0.25, 0.3) is 0 Å². The minimum absolute atomic E-state index is 0.122. The highest BCUT2D eigenvalue weighted by atomic mass is 16.5. The quantitative estimate of drug-likeness (QED) is 0.797. The second kappa shape index (κ2) is 8.55. The summed E-state index contributed by atoms with van der Waals surface area (Å²) in [5, 5.41) is 5.26. The van der Waals surface area contributed by atoms with Gasteiger partial charge in [0.15, 0.2) is 6.61 Å². The smallest absolute Gasteiger partial charge is 0.262 e. The van der Waals surface area contributed by atoms with Crippen LogP contribution in [0.5, 0.6) is 5.75 Å². The maximum atomic E-state index is 12.1. The minimum atomic E-state index is -0.351. The van der Waals surface area contributed by atoms with E-state index in [9.17, 15) is 9.59 Å². The molecule has 5 heteroatoms. The Balaban J connectivity index is 1.99. The van der Waals surface area contributed by atoms with E-state index in [0.717, 1.165) is 11.1 Å². The van der Waals surface area contributed by atoms with Crippen LogP contribution in [0.2, 0.25) is 0 Å². The summed E-state index contributed by atoms with van der Waals surface area (Å²) >= 11 is 0. The molecule has 0 aliphatic rings. The fraction of sp³-hybridized carbons (Fsp3) is 0.200. The molecule has 2 aromatic carbocycles. The van der Waals surface area contributed by atoms with Gasteiger partial charge in [-0.25, -0.2) is 0 Å². The van der Waals surface area contributed by atoms with Gasteiger partial charge in [0.2, 0.25) is 0 Å². The van der Waals surface area contributed by atoms with Crippen LogP contribution in [-0.2, 0) is 4.79 Å². The van der Waals surface area contributed by atoms with Gasteiger partial charge in [-0.1, -0.05) is 24.1 Å². The molecular weight excluding hydrogens is 316 g/mol. The number of para-hydroxylation sites is 1. The number of amides is 2. The Morgan fingerprint density at radius 3 is 2.60 bits per heavy atom. The van der Waals surface area contributed by atoms with Crippen LogP contribution >= 0.6 is 0 Å². The summed E-state index contributed by atoms with van der Waals surface area (Å²) in [6.07, 6.45) is 5.14. The molecule has 2 N–H and O–H groups in total. The number of hydrogen-bond acceptors (Lipinski definition) is 3. The van der Waals surface area contributed by atoms with Gasteiger partial charge in [-0.05, 0) is 49.2 Å². The minimum Gasteiger partial charge on any atom is -0.484 e. The van der Waals surface area contributed by atoms with Crippen molar-refractivity contribution >= 4 is 17.5 Å². The number of nitrogens with one attached hydrogen (secondary N) is 2. The second-order valence-corrected chi connectivity index (χ2v) is 5.52. The zero-order chi connectivity index (χ0) is 18.2. The van der Waals surface area contributed by atoms with E-state index in [2.05, 4.69) is 16.6 Å². The molecule has 0 aromatic heterocycles. The SMILES string of the molecule is C#CCNC(=O)c1ccccc1NC(=O)COc1ccc(C)c(C)c1. The molecule has 2 amide bonds. The number of benzene rings is 2. The van der Waals surface area contributed by atoms with Crippen molar-refractivity contribution in [3.8, 4) is 18.1 Å². The van der Waals surface area contributed by atoms with Gasteiger partial charge in [-0.2, -0.15) is 0 Å². The fourth-order valence-electron chi connectivity index (χ4n) is 2.16. The van der Waals surface area contributed by atoms with E-state index < -0.39 is 0 Å². The summed E-state index contributed by atoms with van der Waals surface area (Å²) in [5.41, 5.74) is 3.00. The predicted octanol–water partition coefficient (Wildman–Crippen LogP) is 2.68. The lowest BCUT2D eigenvalue weighted by atomic mass is 10.1. The molecule has 128 valence electrons. The zero-order valence-electron chi connectivity index (χ0n) is 14.3. The summed E-state index contributed by atoms with van der Waals surface area (Å²) < 4.78 is 5.50. The molecule has 2 aromatic rings. The topological polar surface area (TPSA) is 67.4 Å². The molecule has 0 heterocycles. The average molecular weight is 336 g/mol. The van der Waals surface area contributed by atoms with Gasteiger partial charge < -0.3 is 15.4 Å². The van der Waals surface area contributed by atoms with Gasteiger partial charge in [0, 0.05) is 0 Å². The third kappa shape index (κ3) is 5.11. The molecule has 0 aliphatic carbocycles. The Hall–Kier alpha value is -3.26. The Labute approximate surface area is 147 Å². The molecule has 0 unspecified atom stereocenters. The highest BCUT2D eigenvalue weighted by Gasteiger charge is 2.13. The molecule has 2 rings (SSSR count). The highest BCUT2D eigenvalue weighted by Crippen LogP contribution is 2.17. The normalized spacial score (nSPS) is 9.80. The predicted molar refractivity (Wildman–Crippen MR) is 97.6 cm³/mol. The molecule has 0 aliphatic heterocycles. The average Bonchev–Trinajstić information content (AvgIpc) is 2.61. The van der Waals surface area contributed by atoms with Crippen LogP contribution in [0.4, 0.5) is 5.69 Å². The summed E-state index contributed by atoms with van der Waals surface area (Å²) in [4.78, 5) is 24.2. The number of carbonyl (C=O) groups excluding carboxylic acids is 2. The standard InChI is InChI=1S/C20H20N2O3/c1-4-11-21-20(24)17-7-5-6-8-18(17)22-19(23)13-25-16-10-9-14(2)15(3)12-16/h1,5-10,12H,11,13H2,2-3H3,(H,21,24)(H,22,23). The van der Waals surface area contributed by atoms with E-state index in [4.69, 9.17) is 11.2 Å². The molecule has 0 fully saturated rings. The van der Waals surface area contributed by atoms with Crippen LogP contribution in [0.1, 0.15) is 21.5 Å². The Bertz CT molecular complexity index is 822. The Morgan fingerprint density at radius 2 is 1.88 bits per heavy atom. The molecule has 0 spiro atoms. The largest absolute Gasteiger partial charge is 0.484 e. The third-order valence-electron chi connectivity index (χ3n) is 3.65. The van der Waals surface area contributed by atoms with Gasteiger partial charge in [0.05, 0.1) is 17.8 Å². The van der Waals surface area contributed by atoms with Gasteiger partial charge in [0.1, 0.15) is 5.75 Å². The number of carbonyl (C=O) groups is 2. The lowest BCUT2D eigenvalue weighted by Crippen LogP contribution is -2.26. The first-order valence-corrected chi connectivity index (χ1v) is 7.82. The summed E-state index contributed by atoms with van der Waals surface area (Å²) in [7, 11) is 0. The van der Waals surface area contributed by atoms with Crippen molar-refractivity contribution in [2.24, 2.45) is 0 Å². The van der Waals surface area contributed by atoms with Crippen LogP contribution in [-0.4, -0.2) is 25.0 Å². The number of terminal acetylenes is 1. The molecule has 0 bridgehead atoms. The van der Waals surface area contributed by atoms with Crippen LogP contribution < -0.4 is 15.4 Å². The second-order valence-electron chi connectivity index (χ2n) is 5.52. The first-order valence-electron chi connectivity index (χ1n) is 7.82. The fourth-order valence-corrected chi connectivity index (χ4v) is 2.16. The van der Waals surface area contributed by atoms with Gasteiger partial charge in [-0.15, -0.1) is 6.42 Å². The summed E-state index contributed by atoms with van der Waals surface area (Å²) in [5.74, 6) is 2.26. The summed E-state index contributed by atoms with van der Waals surface area (Å²) in [6.45, 7) is 3.96. The van der Waals surface area contributed by atoms with E-state index in [1.807, 2.05) is 32.0 Å². The van der Waals surface area contributed by atoms with Crippen molar-refractivity contribution in [2.45, 2.75) is 13.8 Å². The number of ether oxygens (including phenoxy) is 1. The Kier molecular flexibility index (Phi) is 6.19. The van der Waals surface area contributed by atoms with Crippen molar-refractivity contribution in [1.82, 2.24) is 5.32 Å². The third-order valence-corrected chi connectivity index (χ3v) is 3.65. The maximum Gasteiger partial charge on any atom is 0.262 e. The van der Waals surface area contributed by atoms with E-state index in [-0.39, 0.29) is 25.0 Å². The van der Waals surface area contributed by atoms with Crippen molar-refractivity contribution in [3.05, 3.63) is 59.2 Å². The molecule has 5 nitrogen and oxygen atoms in total. The molecular formula is C20H20N2O3. The first-order chi connectivity index (χ1) is 12.0. The van der Waals surface area contributed by atoms with E-state index in [0.29, 0.717) is 17.0 Å². The Morgan fingerprint density at radius 1 is 1.12 bits per heavy atom. The van der Waals surface area contributed by atoms with Crippen LogP contribution in [0, 0.1) is 26.2 Å². The van der Waals surface area contributed by atoms with E-state index in [1.54, 1.807) is 24.3 Å². The zero-order valence-corrected chi connectivity index (χ0v) is 14.3. The van der Waals surface area contributed by atoms with Crippen molar-refractivity contribution in [1.29, 1.82) is 0 Å². The first kappa shape index (κ1) is 18.1. The number of anilines is 1. The summed E-state index contributed by atoms with van der Waals surface area (Å²) in [6, 6.07) is 12.3. The van der Waals surface area contributed by atoms with Crippen LogP contribution in [0.3, 0.4) is 0 Å². The van der Waals surface area contributed by atoms with Crippen molar-refractivity contribution < 1.29 is 14.3 Å². The monoisotopic (exact) mass is 336 g/mol. The number of aryl methyl sites for hydroxylation is 2. The van der Waals surface area contributed by atoms with Crippen molar-refractivity contribution in [2.75, 3.05) is 18.5 Å². The molecule has 0 saturated heterocycles.